The molecule has 1 fully saturated rings. The predicted octanol–water partition coefficient (Wildman–Crippen LogP) is -1.90. The molecule has 2 aromatic carbocycles. The highest BCUT2D eigenvalue weighted by Crippen LogP contribution is 2.22. The number of para-hydroxylation sites is 1. The van der Waals surface area contributed by atoms with E-state index >= 15 is 0 Å². The second-order valence-corrected chi connectivity index (χ2v) is 18.7. The number of likely N-dealkylation sites (tertiary alicyclic amines) is 1. The highest BCUT2D eigenvalue weighted by Gasteiger charge is 2.39. The number of nitrogens with one attached hydrogen (secondary N) is 8. The van der Waals surface area contributed by atoms with Gasteiger partial charge in [0.2, 0.25) is 47.3 Å². The van der Waals surface area contributed by atoms with Gasteiger partial charge in [-0.25, -0.2) is 4.98 Å². The molecule has 1 saturated heterocycles. The summed E-state index contributed by atoms with van der Waals surface area (Å²) in [5, 5.41) is 17.1. The van der Waals surface area contributed by atoms with Gasteiger partial charge in [0.1, 0.15) is 36.3 Å². The number of nitrogens with two attached hydrogens (primary N) is 5. The molecule has 7 atom stereocenters. The van der Waals surface area contributed by atoms with Crippen molar-refractivity contribution in [2.75, 3.05) is 26.2 Å². The molecule has 1 aliphatic rings. The van der Waals surface area contributed by atoms with Crippen LogP contribution < -0.4 is 60.6 Å². The first-order chi connectivity index (χ1) is 35.4. The van der Waals surface area contributed by atoms with E-state index in [4.69, 9.17) is 28.7 Å². The second kappa shape index (κ2) is 28.4. The number of aliphatic imine (C=N–C) groups is 1. The van der Waals surface area contributed by atoms with Gasteiger partial charge in [-0.3, -0.25) is 43.3 Å². The summed E-state index contributed by atoms with van der Waals surface area (Å²) in [6.07, 6.45) is 6.99. The number of aromatic nitrogens is 3. The molecular formula is C50H72N16O8. The zero-order valence-corrected chi connectivity index (χ0v) is 41.9. The molecule has 0 spiro atoms. The minimum atomic E-state index is -1.33. The Morgan fingerprint density at radius 2 is 1.43 bits per heavy atom. The van der Waals surface area contributed by atoms with Crippen LogP contribution in [0, 0.1) is 5.92 Å². The molecule has 0 saturated carbocycles. The average molecular weight is 1030 g/mol. The van der Waals surface area contributed by atoms with Crippen molar-refractivity contribution < 1.29 is 38.4 Å². The number of hydrogen-bond donors (Lipinski definition) is 13. The van der Waals surface area contributed by atoms with Gasteiger partial charge >= 0.3 is 0 Å². The fraction of sp³-hybridized carbons (Fsp3) is 0.480. The number of carbonyl (C=O) groups excluding carboxylic acids is 8. The fourth-order valence-corrected chi connectivity index (χ4v) is 8.72. The summed E-state index contributed by atoms with van der Waals surface area (Å²) in [5.41, 5.74) is 31.4. The molecule has 74 heavy (non-hydrogen) atoms. The van der Waals surface area contributed by atoms with Crippen LogP contribution in [0.3, 0.4) is 0 Å². The van der Waals surface area contributed by atoms with Gasteiger partial charge < -0.3 is 75.4 Å². The maximum absolute atomic E-state index is 14.5. The van der Waals surface area contributed by atoms with Crippen molar-refractivity contribution in [2.45, 2.75) is 120 Å². The largest absolute Gasteiger partial charge is 0.370 e. The number of hydrogen-bond acceptors (Lipinski definition) is 12. The molecule has 18 N–H and O–H groups in total. The van der Waals surface area contributed by atoms with E-state index in [2.05, 4.69) is 51.8 Å². The molecule has 0 aliphatic carbocycles. The number of imidazole rings is 1. The number of H-pyrrole nitrogens is 2. The number of unbranched alkanes of at least 4 members (excludes halogenated alkanes) is 1. The summed E-state index contributed by atoms with van der Waals surface area (Å²) >= 11 is 0. The smallest absolute Gasteiger partial charge is 0.245 e. The lowest BCUT2D eigenvalue weighted by Crippen LogP contribution is -2.59. The van der Waals surface area contributed by atoms with Crippen molar-refractivity contribution in [1.82, 2.24) is 51.8 Å². The van der Waals surface area contributed by atoms with Gasteiger partial charge in [0.25, 0.3) is 0 Å². The lowest BCUT2D eigenvalue weighted by molar-refractivity contribution is -0.142. The molecule has 8 amide bonds. The SMILES string of the molecule is CC(C)[C@@H](NC(=O)[C@H]1CCCN1C(=O)[C@H](CCCCN)NC(=O)CNC(=O)[C@H](Cc1c[nH]c2ccccc12)NC(=O)[C@H](CCCN=C(N)N)NC(=O)[C@H](Cc1ccccc1)NC(=O)[C@@H](N)Cc1cnc[nH]1)C(N)=O. The van der Waals surface area contributed by atoms with E-state index in [1.54, 1.807) is 50.4 Å². The fourth-order valence-electron chi connectivity index (χ4n) is 8.72. The van der Waals surface area contributed by atoms with E-state index in [0.29, 0.717) is 49.0 Å². The summed E-state index contributed by atoms with van der Waals surface area (Å²) < 4.78 is 0. The van der Waals surface area contributed by atoms with Crippen LogP contribution in [0.25, 0.3) is 10.9 Å². The van der Waals surface area contributed by atoms with Crippen LogP contribution in [0.15, 0.2) is 78.3 Å². The van der Waals surface area contributed by atoms with Crippen LogP contribution in [0.1, 0.15) is 75.6 Å². The minimum absolute atomic E-state index is 0.00785. The molecule has 400 valence electrons. The highest BCUT2D eigenvalue weighted by molar-refractivity contribution is 5.98. The predicted molar refractivity (Wildman–Crippen MR) is 277 cm³/mol. The zero-order valence-electron chi connectivity index (χ0n) is 41.9. The summed E-state index contributed by atoms with van der Waals surface area (Å²) in [4.78, 5) is 125. The second-order valence-electron chi connectivity index (χ2n) is 18.7. The third kappa shape index (κ3) is 17.1. The molecule has 0 unspecified atom stereocenters. The van der Waals surface area contributed by atoms with Crippen LogP contribution in [-0.4, -0.2) is 142 Å². The van der Waals surface area contributed by atoms with E-state index in [1.165, 1.54) is 17.4 Å². The van der Waals surface area contributed by atoms with Crippen molar-refractivity contribution in [3.05, 3.63) is 90.1 Å². The molecule has 5 rings (SSSR count). The van der Waals surface area contributed by atoms with Crippen LogP contribution in [-0.2, 0) is 57.6 Å². The Hall–Kier alpha value is -7.86. The van der Waals surface area contributed by atoms with Crippen molar-refractivity contribution in [3.8, 4) is 0 Å². The number of guanidine groups is 1. The van der Waals surface area contributed by atoms with E-state index in [1.807, 2.05) is 24.3 Å². The summed E-state index contributed by atoms with van der Waals surface area (Å²) in [6.45, 7) is 3.52. The highest BCUT2D eigenvalue weighted by atomic mass is 16.2. The number of nitrogens with zero attached hydrogens (tertiary/aromatic N) is 3. The van der Waals surface area contributed by atoms with Gasteiger partial charge in [-0.15, -0.1) is 0 Å². The van der Waals surface area contributed by atoms with E-state index in [0.717, 1.165) is 10.9 Å². The first-order valence-electron chi connectivity index (χ1n) is 24.9. The van der Waals surface area contributed by atoms with Gasteiger partial charge in [-0.2, -0.15) is 0 Å². The summed E-state index contributed by atoms with van der Waals surface area (Å²) in [5.74, 6) is -5.83. The summed E-state index contributed by atoms with van der Waals surface area (Å²) in [6, 6.07) is 8.45. The maximum Gasteiger partial charge on any atom is 0.245 e. The molecule has 24 nitrogen and oxygen atoms in total. The van der Waals surface area contributed by atoms with Crippen LogP contribution in [0.2, 0.25) is 0 Å². The summed E-state index contributed by atoms with van der Waals surface area (Å²) in [7, 11) is 0. The number of rotatable bonds is 29. The molecule has 0 radical (unpaired) electrons. The monoisotopic (exact) mass is 1020 g/mol. The third-order valence-corrected chi connectivity index (χ3v) is 12.7. The lowest BCUT2D eigenvalue weighted by Gasteiger charge is -2.30. The van der Waals surface area contributed by atoms with E-state index < -0.39 is 96.1 Å². The van der Waals surface area contributed by atoms with Crippen molar-refractivity contribution in [3.63, 3.8) is 0 Å². The Labute approximate surface area is 429 Å². The maximum atomic E-state index is 14.5. The first-order valence-corrected chi connectivity index (χ1v) is 24.9. The van der Waals surface area contributed by atoms with Crippen LogP contribution in [0.4, 0.5) is 0 Å². The van der Waals surface area contributed by atoms with Gasteiger partial charge in [-0.1, -0.05) is 62.4 Å². The Balaban J connectivity index is 1.35. The Morgan fingerprint density at radius 1 is 0.757 bits per heavy atom. The molecular weight excluding hydrogens is 953 g/mol. The number of carbonyl (C=O) groups is 8. The van der Waals surface area contributed by atoms with Crippen molar-refractivity contribution in [1.29, 1.82) is 0 Å². The standard InChI is InChI=1S/C50H72N16O8/c1-29(2)42(43(53)68)65-48(73)40-18-11-21-66(40)49(74)37(16-8-9-19-51)61-41(67)27-59-45(70)39(23-31-25-58-35-15-7-6-14-33(31)35)64-46(71)36(17-10-20-57-50(54)55)62-47(72)38(22-30-12-4-3-5-13-30)63-44(69)34(52)24-32-26-56-28-60-32/h3-7,12-15,25-26,28-29,34,36-40,42,58H,8-11,16-24,27,51-52H2,1-2H3,(H2,53,68)(H,56,60)(H,59,70)(H,61,67)(H,62,72)(H,63,69)(H,64,71)(H,65,73)(H4,54,55,57)/t34-,36-,37-,38-,39-,40+,42+/m0/s1. The molecule has 0 bridgehead atoms. The van der Waals surface area contributed by atoms with Gasteiger partial charge in [0.15, 0.2) is 5.96 Å². The number of primary amides is 1. The molecule has 2 aromatic heterocycles. The number of fused-ring (bicyclic) bond motifs is 1. The van der Waals surface area contributed by atoms with Crippen molar-refractivity contribution in [2.24, 2.45) is 39.6 Å². The van der Waals surface area contributed by atoms with E-state index in [-0.39, 0.29) is 63.5 Å². The topological polar surface area (TPSA) is 399 Å². The molecule has 3 heterocycles. The number of amides is 8. The van der Waals surface area contributed by atoms with E-state index in [9.17, 15) is 38.4 Å². The Morgan fingerprint density at radius 3 is 2.12 bits per heavy atom. The number of aromatic amines is 2. The quantitative estimate of drug-likeness (QED) is 0.0161. The van der Waals surface area contributed by atoms with Gasteiger partial charge in [0, 0.05) is 61.3 Å². The minimum Gasteiger partial charge on any atom is -0.370 e. The van der Waals surface area contributed by atoms with Gasteiger partial charge in [-0.05, 0) is 74.6 Å². The van der Waals surface area contributed by atoms with Crippen LogP contribution in [0.5, 0.6) is 0 Å². The van der Waals surface area contributed by atoms with Crippen LogP contribution >= 0.6 is 0 Å². The third-order valence-electron chi connectivity index (χ3n) is 12.7. The number of benzene rings is 2. The van der Waals surface area contributed by atoms with Gasteiger partial charge in [0.05, 0.1) is 18.9 Å². The Bertz CT molecular complexity index is 2550. The molecule has 24 heteroatoms. The first kappa shape index (κ1) is 57.0. The van der Waals surface area contributed by atoms with Crippen molar-refractivity contribution >= 4 is 64.1 Å². The normalized spacial score (nSPS) is 15.7. The molecule has 4 aromatic rings. The Kier molecular flexibility index (Phi) is 21.9. The lowest BCUT2D eigenvalue weighted by atomic mass is 10.0. The average Bonchev–Trinajstić information content (AvgIpc) is 4.17. The molecule has 1 aliphatic heterocycles. The zero-order chi connectivity index (χ0) is 53.7.